The van der Waals surface area contributed by atoms with E-state index in [9.17, 15) is 5.11 Å². The Balaban J connectivity index is 3.05. The van der Waals surface area contributed by atoms with E-state index in [2.05, 4.69) is 0 Å². The summed E-state index contributed by atoms with van der Waals surface area (Å²) in [7, 11) is 0. The van der Waals surface area contributed by atoms with Gasteiger partial charge >= 0.3 is 0 Å². The molecule has 1 aromatic carbocycles. The van der Waals surface area contributed by atoms with Crippen LogP contribution in [-0.4, -0.2) is 16.3 Å². The molecule has 0 aliphatic carbocycles. The molecule has 0 aliphatic heterocycles. The molecule has 4 heteroatoms. The minimum absolute atomic E-state index is 0.401. The van der Waals surface area contributed by atoms with Crippen molar-refractivity contribution in [1.29, 1.82) is 0 Å². The van der Waals surface area contributed by atoms with Gasteiger partial charge in [0, 0.05) is 15.6 Å². The first-order valence-corrected chi connectivity index (χ1v) is 4.59. The largest absolute Gasteiger partial charge is 0.390 e. The summed E-state index contributed by atoms with van der Waals surface area (Å²) in [6, 6.07) is 4.76. The zero-order valence-corrected chi connectivity index (χ0v) is 8.55. The van der Waals surface area contributed by atoms with Crippen LogP contribution in [0.25, 0.3) is 0 Å². The molecule has 2 atom stereocenters. The van der Waals surface area contributed by atoms with Crippen LogP contribution >= 0.6 is 23.2 Å². The van der Waals surface area contributed by atoms with Gasteiger partial charge in [-0.15, -0.1) is 0 Å². The molecule has 0 radical (unpaired) electrons. The van der Waals surface area contributed by atoms with Gasteiger partial charge in [-0.05, 0) is 25.1 Å². The molecule has 0 saturated heterocycles. The fraction of sp³-hybridized carbons (Fsp3) is 0.333. The number of benzene rings is 1. The highest BCUT2D eigenvalue weighted by molar-refractivity contribution is 6.33. The van der Waals surface area contributed by atoms with Crippen molar-refractivity contribution in [3.8, 4) is 0 Å². The van der Waals surface area contributed by atoms with Crippen LogP contribution in [0.1, 0.15) is 18.6 Å². The molecule has 0 saturated carbocycles. The number of aliphatic hydroxyl groups excluding tert-OH is 2. The van der Waals surface area contributed by atoms with Crippen molar-refractivity contribution >= 4 is 23.2 Å². The molecular formula is C9H10Cl2O2. The molecule has 1 rings (SSSR count). The van der Waals surface area contributed by atoms with Gasteiger partial charge in [0.2, 0.25) is 0 Å². The molecule has 2 N–H and O–H groups in total. The van der Waals surface area contributed by atoms with Gasteiger partial charge in [0.05, 0.1) is 6.10 Å². The first-order valence-electron chi connectivity index (χ1n) is 3.83. The Morgan fingerprint density at radius 1 is 1.23 bits per heavy atom. The summed E-state index contributed by atoms with van der Waals surface area (Å²) >= 11 is 11.5. The maximum absolute atomic E-state index is 9.51. The lowest BCUT2D eigenvalue weighted by Crippen LogP contribution is -2.14. The van der Waals surface area contributed by atoms with Gasteiger partial charge in [-0.25, -0.2) is 0 Å². The summed E-state index contributed by atoms with van der Waals surface area (Å²) in [4.78, 5) is 0. The van der Waals surface area contributed by atoms with Crippen molar-refractivity contribution in [2.75, 3.05) is 0 Å². The summed E-state index contributed by atoms with van der Waals surface area (Å²) in [5.41, 5.74) is 0.448. The topological polar surface area (TPSA) is 40.5 Å². The molecule has 1 unspecified atom stereocenters. The van der Waals surface area contributed by atoms with E-state index in [1.54, 1.807) is 18.2 Å². The molecule has 0 aromatic heterocycles. The van der Waals surface area contributed by atoms with Crippen LogP contribution in [0.4, 0.5) is 0 Å². The average molecular weight is 221 g/mol. The zero-order valence-electron chi connectivity index (χ0n) is 7.04. The Kier molecular flexibility index (Phi) is 3.56. The second-order valence-corrected chi connectivity index (χ2v) is 3.69. The maximum atomic E-state index is 9.51. The highest BCUT2D eigenvalue weighted by Crippen LogP contribution is 2.27. The quantitative estimate of drug-likeness (QED) is 0.804. The molecular weight excluding hydrogens is 211 g/mol. The molecule has 72 valence electrons. The number of hydrogen-bond donors (Lipinski definition) is 2. The molecule has 13 heavy (non-hydrogen) atoms. The van der Waals surface area contributed by atoms with Crippen molar-refractivity contribution in [1.82, 2.24) is 0 Å². The Morgan fingerprint density at radius 2 is 1.85 bits per heavy atom. The van der Waals surface area contributed by atoms with Gasteiger partial charge in [0.25, 0.3) is 0 Å². The molecule has 1 aromatic rings. The molecule has 0 aliphatic rings. The number of rotatable bonds is 2. The molecule has 0 heterocycles. The van der Waals surface area contributed by atoms with Gasteiger partial charge in [-0.2, -0.15) is 0 Å². The molecule has 0 bridgehead atoms. The maximum Gasteiger partial charge on any atom is 0.106 e. The van der Waals surface area contributed by atoms with Crippen LogP contribution in [0.15, 0.2) is 18.2 Å². The van der Waals surface area contributed by atoms with Crippen molar-refractivity contribution in [3.05, 3.63) is 33.8 Å². The third-order valence-electron chi connectivity index (χ3n) is 1.73. The standard InChI is InChI=1S/C9H10Cl2O2/c1-5(12)9(13)7-4-6(10)2-3-8(7)11/h2-5,9,12-13H,1H3/t5?,9-/m1/s1. The Hall–Kier alpha value is -0.280. The number of aliphatic hydroxyl groups is 2. The Bertz CT molecular complexity index is 300. The summed E-state index contributed by atoms with van der Waals surface area (Å²) in [5.74, 6) is 0. The van der Waals surface area contributed by atoms with Crippen molar-refractivity contribution in [3.63, 3.8) is 0 Å². The van der Waals surface area contributed by atoms with Crippen LogP contribution in [-0.2, 0) is 0 Å². The second kappa shape index (κ2) is 4.29. The van der Waals surface area contributed by atoms with E-state index in [0.717, 1.165) is 0 Å². The van der Waals surface area contributed by atoms with Gasteiger partial charge in [0.15, 0.2) is 0 Å². The van der Waals surface area contributed by atoms with E-state index in [-0.39, 0.29) is 0 Å². The smallest absolute Gasteiger partial charge is 0.106 e. The van der Waals surface area contributed by atoms with Gasteiger partial charge < -0.3 is 10.2 Å². The molecule has 0 spiro atoms. The number of halogens is 2. The van der Waals surface area contributed by atoms with Crippen LogP contribution in [0, 0.1) is 0 Å². The van der Waals surface area contributed by atoms with Crippen molar-refractivity contribution in [2.24, 2.45) is 0 Å². The summed E-state index contributed by atoms with van der Waals surface area (Å²) in [5, 5.41) is 19.5. The normalized spacial score (nSPS) is 15.5. The lowest BCUT2D eigenvalue weighted by atomic mass is 10.1. The van der Waals surface area contributed by atoms with E-state index in [4.69, 9.17) is 28.3 Å². The zero-order chi connectivity index (χ0) is 10.0. The lowest BCUT2D eigenvalue weighted by molar-refractivity contribution is 0.0306. The predicted molar refractivity (Wildman–Crippen MR) is 53.1 cm³/mol. The SMILES string of the molecule is CC(O)[C@@H](O)c1cc(Cl)ccc1Cl. The first-order chi connectivity index (χ1) is 6.02. The average Bonchev–Trinajstić information content (AvgIpc) is 2.08. The minimum Gasteiger partial charge on any atom is -0.390 e. The molecule has 0 fully saturated rings. The first kappa shape index (κ1) is 10.8. The minimum atomic E-state index is -0.994. The monoisotopic (exact) mass is 220 g/mol. The predicted octanol–water partition coefficient (Wildman–Crippen LogP) is 2.41. The Morgan fingerprint density at radius 3 is 2.38 bits per heavy atom. The van der Waals surface area contributed by atoms with Crippen molar-refractivity contribution < 1.29 is 10.2 Å². The van der Waals surface area contributed by atoms with Gasteiger partial charge in [-0.1, -0.05) is 23.2 Å². The molecule has 2 nitrogen and oxygen atoms in total. The van der Waals surface area contributed by atoms with E-state index in [1.165, 1.54) is 6.92 Å². The fourth-order valence-electron chi connectivity index (χ4n) is 1.00. The fourth-order valence-corrected chi connectivity index (χ4v) is 1.41. The summed E-state index contributed by atoms with van der Waals surface area (Å²) in [6.45, 7) is 1.49. The third kappa shape index (κ3) is 2.58. The third-order valence-corrected chi connectivity index (χ3v) is 2.31. The lowest BCUT2D eigenvalue weighted by Gasteiger charge is -2.15. The van der Waals surface area contributed by atoms with Gasteiger partial charge in [-0.3, -0.25) is 0 Å². The van der Waals surface area contributed by atoms with E-state index in [0.29, 0.717) is 15.6 Å². The van der Waals surface area contributed by atoms with E-state index in [1.807, 2.05) is 0 Å². The van der Waals surface area contributed by atoms with E-state index < -0.39 is 12.2 Å². The van der Waals surface area contributed by atoms with Crippen LogP contribution < -0.4 is 0 Å². The van der Waals surface area contributed by atoms with Crippen LogP contribution in [0.5, 0.6) is 0 Å². The summed E-state index contributed by atoms with van der Waals surface area (Å²) < 4.78 is 0. The Labute approximate surface area is 86.7 Å². The van der Waals surface area contributed by atoms with Crippen LogP contribution in [0.3, 0.4) is 0 Å². The van der Waals surface area contributed by atoms with Gasteiger partial charge in [0.1, 0.15) is 6.10 Å². The second-order valence-electron chi connectivity index (χ2n) is 2.85. The van der Waals surface area contributed by atoms with E-state index >= 15 is 0 Å². The highest BCUT2D eigenvalue weighted by atomic mass is 35.5. The molecule has 0 amide bonds. The van der Waals surface area contributed by atoms with Crippen LogP contribution in [0.2, 0.25) is 10.0 Å². The highest BCUT2D eigenvalue weighted by Gasteiger charge is 2.16. The summed E-state index contributed by atoms with van der Waals surface area (Å²) in [6.07, 6.45) is -1.86. The number of hydrogen-bond acceptors (Lipinski definition) is 2. The van der Waals surface area contributed by atoms with Crippen molar-refractivity contribution in [2.45, 2.75) is 19.1 Å².